The van der Waals surface area contributed by atoms with Crippen LogP contribution in [0, 0.1) is 17.7 Å². The highest BCUT2D eigenvalue weighted by Gasteiger charge is 2.48. The van der Waals surface area contributed by atoms with Crippen molar-refractivity contribution in [2.45, 2.75) is 25.4 Å². The molecule has 2 bridgehead atoms. The van der Waals surface area contributed by atoms with Gasteiger partial charge in [0.2, 0.25) is 5.91 Å². The Balaban J connectivity index is 1.05. The molecule has 1 N–H and O–H groups in total. The molecule has 7 rings (SSSR count). The van der Waals surface area contributed by atoms with Crippen LogP contribution in [0.3, 0.4) is 0 Å². The first-order valence-corrected chi connectivity index (χ1v) is 13.3. The van der Waals surface area contributed by atoms with Gasteiger partial charge in [0.25, 0.3) is 0 Å². The fourth-order valence-corrected chi connectivity index (χ4v) is 6.46. The van der Waals surface area contributed by atoms with E-state index < -0.39 is 0 Å². The molecule has 2 aromatic carbocycles. The summed E-state index contributed by atoms with van der Waals surface area (Å²) in [4.78, 5) is 19.5. The summed E-state index contributed by atoms with van der Waals surface area (Å²) in [6.07, 6.45) is 4.10. The summed E-state index contributed by atoms with van der Waals surface area (Å²) in [6.45, 7) is 5.96. The number of nitrogens with zero attached hydrogens (tertiary/aromatic N) is 5. The molecule has 8 nitrogen and oxygen atoms in total. The van der Waals surface area contributed by atoms with Gasteiger partial charge in [-0.25, -0.2) is 9.07 Å². The molecule has 4 atom stereocenters. The number of quaternary nitrogens is 1. The molecule has 0 spiro atoms. The number of piperidine rings is 3. The van der Waals surface area contributed by atoms with Crippen LogP contribution in [0.4, 0.5) is 10.1 Å². The van der Waals surface area contributed by atoms with Gasteiger partial charge in [-0.15, -0.1) is 5.10 Å². The highest BCUT2D eigenvalue weighted by atomic mass is 19.1. The molecular weight excluding hydrogens is 471 g/mol. The van der Waals surface area contributed by atoms with Gasteiger partial charge in [0, 0.05) is 44.6 Å². The molecule has 0 radical (unpaired) electrons. The van der Waals surface area contributed by atoms with Crippen molar-refractivity contribution in [3.8, 4) is 17.0 Å². The van der Waals surface area contributed by atoms with Crippen LogP contribution in [-0.4, -0.2) is 78.2 Å². The van der Waals surface area contributed by atoms with Crippen LogP contribution in [0.1, 0.15) is 12.8 Å². The third-order valence-electron chi connectivity index (χ3n) is 8.47. The predicted molar refractivity (Wildman–Crippen MR) is 138 cm³/mol. The zero-order chi connectivity index (χ0) is 25.4. The van der Waals surface area contributed by atoms with Gasteiger partial charge in [-0.3, -0.25) is 4.79 Å². The van der Waals surface area contributed by atoms with E-state index in [9.17, 15) is 9.18 Å². The van der Waals surface area contributed by atoms with Crippen molar-refractivity contribution >= 4 is 11.6 Å². The van der Waals surface area contributed by atoms with E-state index in [2.05, 4.69) is 26.2 Å². The third kappa shape index (κ3) is 4.80. The number of carbonyl (C=O) groups is 1. The van der Waals surface area contributed by atoms with E-state index in [4.69, 9.17) is 4.74 Å². The number of hydrogen-bond donors (Lipinski definition) is 1. The van der Waals surface area contributed by atoms with Gasteiger partial charge in [0.05, 0.1) is 44.5 Å². The van der Waals surface area contributed by atoms with E-state index in [0.29, 0.717) is 17.9 Å². The lowest BCUT2D eigenvalue weighted by Gasteiger charge is -2.47. The summed E-state index contributed by atoms with van der Waals surface area (Å²) in [5.41, 5.74) is 2.72. The average Bonchev–Trinajstić information content (AvgIpc) is 3.42. The summed E-state index contributed by atoms with van der Waals surface area (Å²) in [5, 5.41) is 8.63. The first-order valence-electron chi connectivity index (χ1n) is 13.3. The second-order valence-corrected chi connectivity index (χ2v) is 10.5. The Morgan fingerprint density at radius 1 is 1.11 bits per heavy atom. The molecule has 1 unspecified atom stereocenters. The average molecular weight is 506 g/mol. The Morgan fingerprint density at radius 2 is 1.89 bits per heavy atom. The second kappa shape index (κ2) is 10.1. The van der Waals surface area contributed by atoms with Crippen LogP contribution in [0.25, 0.3) is 11.3 Å². The van der Waals surface area contributed by atoms with Crippen molar-refractivity contribution in [3.63, 3.8) is 0 Å². The third-order valence-corrected chi connectivity index (χ3v) is 8.47. The lowest BCUT2D eigenvalue weighted by Crippen LogP contribution is -3.20. The Bertz CT molecular complexity index is 1240. The Hall–Kier alpha value is -3.46. The van der Waals surface area contributed by atoms with Gasteiger partial charge < -0.3 is 19.4 Å². The van der Waals surface area contributed by atoms with Gasteiger partial charge in [0.15, 0.2) is 0 Å². The van der Waals surface area contributed by atoms with Crippen LogP contribution in [0.2, 0.25) is 0 Å². The first-order chi connectivity index (χ1) is 18.1. The van der Waals surface area contributed by atoms with Crippen LogP contribution in [0.15, 0.2) is 54.7 Å². The van der Waals surface area contributed by atoms with E-state index in [-0.39, 0.29) is 11.7 Å². The zero-order valence-electron chi connectivity index (χ0n) is 21.2. The summed E-state index contributed by atoms with van der Waals surface area (Å²) >= 11 is 0. The Morgan fingerprint density at radius 3 is 2.62 bits per heavy atom. The van der Waals surface area contributed by atoms with Crippen LogP contribution in [0.5, 0.6) is 5.75 Å². The lowest BCUT2D eigenvalue weighted by molar-refractivity contribution is -0.945. The zero-order valence-corrected chi connectivity index (χ0v) is 21.2. The van der Waals surface area contributed by atoms with E-state index in [1.807, 2.05) is 29.1 Å². The summed E-state index contributed by atoms with van der Waals surface area (Å²) in [5.74, 6) is 1.50. The number of aromatic nitrogens is 3. The minimum Gasteiger partial charge on any atom is -0.495 e. The van der Waals surface area contributed by atoms with Crippen molar-refractivity contribution in [3.05, 3.63) is 60.5 Å². The minimum absolute atomic E-state index is 0.114. The number of amides is 1. The number of nitrogens with one attached hydrogen (secondary N) is 1. The smallest absolute Gasteiger partial charge is 0.231 e. The number of ether oxygens (including phenoxy) is 1. The maximum absolute atomic E-state index is 13.6. The van der Waals surface area contributed by atoms with E-state index in [0.717, 1.165) is 81.3 Å². The molecule has 4 aliphatic heterocycles. The molecule has 0 aliphatic carbocycles. The SMILES string of the molecule is COc1ccccc1N1CCN(C(=O)[C@H]2C[NH+]3CC[C@@H]2C[C@@H]3Cn2cc(-c3ccc(F)cc3)nn2)CC1. The minimum atomic E-state index is -0.256. The van der Waals surface area contributed by atoms with E-state index >= 15 is 0 Å². The molecule has 1 amide bonds. The number of halogens is 1. The fraction of sp³-hybridized carbons (Fsp3) is 0.464. The molecule has 4 fully saturated rings. The number of carbonyl (C=O) groups excluding carboxylic acids is 1. The number of anilines is 1. The largest absolute Gasteiger partial charge is 0.495 e. The van der Waals surface area contributed by atoms with Gasteiger partial charge in [0.1, 0.15) is 23.3 Å². The predicted octanol–water partition coefficient (Wildman–Crippen LogP) is 1.73. The van der Waals surface area contributed by atoms with Gasteiger partial charge in [-0.05, 0) is 42.3 Å². The number of para-hydroxylation sites is 2. The molecule has 4 saturated heterocycles. The maximum atomic E-state index is 13.6. The molecule has 194 valence electrons. The molecule has 0 saturated carbocycles. The highest BCUT2D eigenvalue weighted by molar-refractivity contribution is 5.80. The van der Waals surface area contributed by atoms with Gasteiger partial charge in [-0.1, -0.05) is 17.3 Å². The summed E-state index contributed by atoms with van der Waals surface area (Å²) in [7, 11) is 1.70. The van der Waals surface area contributed by atoms with Crippen LogP contribution in [-0.2, 0) is 11.3 Å². The number of fused-ring (bicyclic) bond motifs is 3. The quantitative estimate of drug-likeness (QED) is 0.553. The standard InChI is InChI=1S/C28H33FN6O2/c1-37-27-5-3-2-4-26(27)32-12-14-33(15-13-32)28(36)24-18-34-11-10-21(24)16-23(34)17-35-19-25(30-31-35)20-6-8-22(29)9-7-20/h2-9,19,21,23-24H,10-18H2,1H3/p+1/t21-,23-,24+/m1/s1. The number of hydrogen-bond acceptors (Lipinski definition) is 5. The van der Waals surface area contributed by atoms with Gasteiger partial charge in [-0.2, -0.15) is 0 Å². The molecule has 9 heteroatoms. The molecule has 4 aliphatic rings. The molecule has 3 aromatic rings. The number of rotatable bonds is 6. The van der Waals surface area contributed by atoms with Crippen LogP contribution >= 0.6 is 0 Å². The van der Waals surface area contributed by atoms with Crippen LogP contribution < -0.4 is 14.5 Å². The van der Waals surface area contributed by atoms with E-state index in [1.54, 1.807) is 19.2 Å². The fourth-order valence-electron chi connectivity index (χ4n) is 6.46. The molecule has 5 heterocycles. The van der Waals surface area contributed by atoms with E-state index in [1.165, 1.54) is 17.0 Å². The van der Waals surface area contributed by atoms with Crippen molar-refractivity contribution in [1.82, 2.24) is 19.9 Å². The monoisotopic (exact) mass is 505 g/mol. The Kier molecular flexibility index (Phi) is 6.54. The topological polar surface area (TPSA) is 67.9 Å². The number of piperazine rings is 1. The number of benzene rings is 2. The Labute approximate surface area is 216 Å². The highest BCUT2D eigenvalue weighted by Crippen LogP contribution is 2.31. The first kappa shape index (κ1) is 23.9. The second-order valence-electron chi connectivity index (χ2n) is 10.5. The molecular formula is C28H34FN6O2+. The molecule has 1 aromatic heterocycles. The number of methoxy groups -OCH3 is 1. The lowest BCUT2D eigenvalue weighted by atomic mass is 9.75. The van der Waals surface area contributed by atoms with Crippen molar-refractivity contribution in [2.75, 3.05) is 51.3 Å². The van der Waals surface area contributed by atoms with Crippen molar-refractivity contribution in [2.24, 2.45) is 11.8 Å². The molecule has 37 heavy (non-hydrogen) atoms. The normalized spacial score (nSPS) is 25.4. The van der Waals surface area contributed by atoms with Gasteiger partial charge >= 0.3 is 0 Å². The van der Waals surface area contributed by atoms with Crippen molar-refractivity contribution < 1.29 is 18.8 Å². The summed E-state index contributed by atoms with van der Waals surface area (Å²) < 4.78 is 20.7. The summed E-state index contributed by atoms with van der Waals surface area (Å²) in [6, 6.07) is 14.9. The maximum Gasteiger partial charge on any atom is 0.231 e. The van der Waals surface area contributed by atoms with Crippen molar-refractivity contribution in [1.29, 1.82) is 0 Å².